The van der Waals surface area contributed by atoms with Crippen LogP contribution in [0.1, 0.15) is 18.4 Å². The maximum atomic E-state index is 12.8. The summed E-state index contributed by atoms with van der Waals surface area (Å²) in [4.78, 5) is 11.0. The number of hydrogen-bond acceptors (Lipinski definition) is 1. The molecule has 0 saturated heterocycles. The van der Waals surface area contributed by atoms with E-state index < -0.39 is 11.3 Å². The molecule has 4 heteroatoms. The Bertz CT molecular complexity index is 395. The van der Waals surface area contributed by atoms with Gasteiger partial charge in [0.25, 0.3) is 5.92 Å². The van der Waals surface area contributed by atoms with Crippen molar-refractivity contribution in [3.63, 3.8) is 0 Å². The second-order valence-electron chi connectivity index (χ2n) is 3.99. The highest BCUT2D eigenvalue weighted by atomic mass is 79.9. The quantitative estimate of drug-likeness (QED) is 0.757. The first kappa shape index (κ1) is 10.7. The predicted molar refractivity (Wildman–Crippen MR) is 56.1 cm³/mol. The van der Waals surface area contributed by atoms with Crippen molar-refractivity contribution in [2.45, 2.75) is 24.2 Å². The van der Waals surface area contributed by atoms with Crippen molar-refractivity contribution in [3.05, 3.63) is 34.3 Å². The van der Waals surface area contributed by atoms with Crippen molar-refractivity contribution in [2.24, 2.45) is 0 Å². The largest absolute Gasteiger partial charge is 0.302 e. The fourth-order valence-corrected chi connectivity index (χ4v) is 2.42. The summed E-state index contributed by atoms with van der Waals surface area (Å²) in [6, 6.07) is 7.00. The van der Waals surface area contributed by atoms with Gasteiger partial charge in [0.15, 0.2) is 0 Å². The van der Waals surface area contributed by atoms with E-state index in [1.807, 2.05) is 0 Å². The first-order valence-corrected chi connectivity index (χ1v) is 5.37. The molecule has 0 bridgehead atoms. The predicted octanol–water partition coefficient (Wildman–Crippen LogP) is 3.31. The summed E-state index contributed by atoms with van der Waals surface area (Å²) in [6.07, 6.45) is -0.105. The van der Waals surface area contributed by atoms with Gasteiger partial charge in [-0.25, -0.2) is 8.78 Å². The Kier molecular flexibility index (Phi) is 2.41. The molecule has 1 aromatic rings. The van der Waals surface area contributed by atoms with Crippen LogP contribution in [0.5, 0.6) is 0 Å². The van der Waals surface area contributed by atoms with Crippen LogP contribution in [0, 0.1) is 0 Å². The number of hydrogen-bond donors (Lipinski definition) is 0. The van der Waals surface area contributed by atoms with Gasteiger partial charge >= 0.3 is 0 Å². The zero-order valence-electron chi connectivity index (χ0n) is 7.84. The SMILES string of the molecule is O=CC1(c2cccc(Br)c2)CC(F)(F)C1. The first-order valence-electron chi connectivity index (χ1n) is 4.58. The second-order valence-corrected chi connectivity index (χ2v) is 4.91. The lowest BCUT2D eigenvalue weighted by atomic mass is 9.63. The van der Waals surface area contributed by atoms with Gasteiger partial charge in [0.05, 0.1) is 5.41 Å². The van der Waals surface area contributed by atoms with Crippen LogP contribution in [0.15, 0.2) is 28.7 Å². The minimum absolute atomic E-state index is 0.375. The number of carbonyl (C=O) groups is 1. The van der Waals surface area contributed by atoms with Gasteiger partial charge < -0.3 is 4.79 Å². The van der Waals surface area contributed by atoms with Gasteiger partial charge in [0, 0.05) is 17.3 Å². The van der Waals surface area contributed by atoms with E-state index in [1.54, 1.807) is 24.3 Å². The van der Waals surface area contributed by atoms with Gasteiger partial charge in [0.2, 0.25) is 0 Å². The van der Waals surface area contributed by atoms with Gasteiger partial charge in [-0.1, -0.05) is 28.1 Å². The number of benzene rings is 1. The average Bonchev–Trinajstić information content (AvgIpc) is 2.13. The Balaban J connectivity index is 2.33. The molecule has 1 nitrogen and oxygen atoms in total. The minimum Gasteiger partial charge on any atom is -0.302 e. The molecule has 15 heavy (non-hydrogen) atoms. The summed E-state index contributed by atoms with van der Waals surface area (Å²) in [6.45, 7) is 0. The van der Waals surface area contributed by atoms with Crippen molar-refractivity contribution in [1.82, 2.24) is 0 Å². The molecule has 1 aliphatic rings. The van der Waals surface area contributed by atoms with Gasteiger partial charge in [-0.2, -0.15) is 0 Å². The van der Waals surface area contributed by atoms with E-state index in [-0.39, 0.29) is 12.8 Å². The van der Waals surface area contributed by atoms with Crippen LogP contribution < -0.4 is 0 Å². The average molecular weight is 275 g/mol. The standard InChI is InChI=1S/C11H9BrF2O/c12-9-3-1-2-8(4-9)10(7-15)5-11(13,14)6-10/h1-4,7H,5-6H2. The Morgan fingerprint density at radius 3 is 2.47 bits per heavy atom. The van der Waals surface area contributed by atoms with Gasteiger partial charge in [0.1, 0.15) is 6.29 Å². The number of carbonyl (C=O) groups excluding carboxylic acids is 1. The fraction of sp³-hybridized carbons (Fsp3) is 0.364. The molecule has 0 aromatic heterocycles. The summed E-state index contributed by atoms with van der Waals surface area (Å²) < 4.78 is 26.5. The smallest absolute Gasteiger partial charge is 0.250 e. The van der Waals surface area contributed by atoms with Crippen LogP contribution in [-0.2, 0) is 10.2 Å². The van der Waals surface area contributed by atoms with Gasteiger partial charge in [-0.05, 0) is 17.7 Å². The molecule has 1 fully saturated rings. The van der Waals surface area contributed by atoms with Crippen LogP contribution in [-0.4, -0.2) is 12.2 Å². The van der Waals surface area contributed by atoms with E-state index in [0.29, 0.717) is 11.8 Å². The normalized spacial score (nSPS) is 21.8. The highest BCUT2D eigenvalue weighted by Crippen LogP contribution is 2.52. The molecule has 0 spiro atoms. The van der Waals surface area contributed by atoms with E-state index in [1.165, 1.54) is 0 Å². The lowest BCUT2D eigenvalue weighted by molar-refractivity contribution is -0.146. The van der Waals surface area contributed by atoms with E-state index >= 15 is 0 Å². The Morgan fingerprint density at radius 1 is 1.33 bits per heavy atom. The third-order valence-corrected chi connectivity index (χ3v) is 3.27. The molecule has 2 rings (SSSR count). The summed E-state index contributed by atoms with van der Waals surface area (Å²) >= 11 is 3.26. The summed E-state index contributed by atoms with van der Waals surface area (Å²) in [5.74, 6) is -2.69. The number of alkyl halides is 2. The maximum absolute atomic E-state index is 12.8. The zero-order valence-corrected chi connectivity index (χ0v) is 9.43. The number of rotatable bonds is 2. The second kappa shape index (κ2) is 3.37. The molecular formula is C11H9BrF2O. The van der Waals surface area contributed by atoms with E-state index in [0.717, 1.165) is 4.47 Å². The van der Waals surface area contributed by atoms with E-state index in [9.17, 15) is 13.6 Å². The summed E-state index contributed by atoms with van der Waals surface area (Å²) in [5.41, 5.74) is -0.314. The third-order valence-electron chi connectivity index (χ3n) is 2.77. The molecule has 0 heterocycles. The molecule has 0 atom stereocenters. The first-order chi connectivity index (χ1) is 6.97. The van der Waals surface area contributed by atoms with Crippen LogP contribution >= 0.6 is 15.9 Å². The Labute approximate surface area is 94.6 Å². The highest BCUT2D eigenvalue weighted by molar-refractivity contribution is 9.10. The Hall–Kier alpha value is -0.770. The maximum Gasteiger partial charge on any atom is 0.250 e. The monoisotopic (exact) mass is 274 g/mol. The lowest BCUT2D eigenvalue weighted by Crippen LogP contribution is -2.50. The molecule has 0 aliphatic heterocycles. The van der Waals surface area contributed by atoms with Crippen molar-refractivity contribution < 1.29 is 13.6 Å². The van der Waals surface area contributed by atoms with Crippen molar-refractivity contribution in [1.29, 1.82) is 0 Å². The molecule has 0 N–H and O–H groups in total. The molecule has 0 radical (unpaired) electrons. The van der Waals surface area contributed by atoms with Crippen molar-refractivity contribution >= 4 is 22.2 Å². The van der Waals surface area contributed by atoms with E-state index in [4.69, 9.17) is 0 Å². The number of aldehydes is 1. The zero-order chi connectivity index (χ0) is 11.1. The summed E-state index contributed by atoms with van der Waals surface area (Å²) in [7, 11) is 0. The molecule has 0 amide bonds. The highest BCUT2D eigenvalue weighted by Gasteiger charge is 2.57. The Morgan fingerprint density at radius 2 is 2.00 bits per heavy atom. The van der Waals surface area contributed by atoms with Crippen LogP contribution in [0.4, 0.5) is 8.78 Å². The molecule has 80 valence electrons. The van der Waals surface area contributed by atoms with Crippen LogP contribution in [0.2, 0.25) is 0 Å². The molecule has 0 unspecified atom stereocenters. The lowest BCUT2D eigenvalue weighted by Gasteiger charge is -2.43. The van der Waals surface area contributed by atoms with Gasteiger partial charge in [-0.15, -0.1) is 0 Å². The molecule has 1 aromatic carbocycles. The topological polar surface area (TPSA) is 17.1 Å². The summed E-state index contributed by atoms with van der Waals surface area (Å²) in [5, 5.41) is 0. The molecule has 1 aliphatic carbocycles. The van der Waals surface area contributed by atoms with Crippen LogP contribution in [0.25, 0.3) is 0 Å². The third kappa shape index (κ3) is 1.83. The van der Waals surface area contributed by atoms with Crippen molar-refractivity contribution in [2.75, 3.05) is 0 Å². The fourth-order valence-electron chi connectivity index (χ4n) is 2.02. The van der Waals surface area contributed by atoms with E-state index in [2.05, 4.69) is 15.9 Å². The van der Waals surface area contributed by atoms with Gasteiger partial charge in [-0.3, -0.25) is 0 Å². The van der Waals surface area contributed by atoms with Crippen molar-refractivity contribution in [3.8, 4) is 0 Å². The number of halogens is 3. The minimum atomic E-state index is -2.69. The molecular weight excluding hydrogens is 266 g/mol. The van der Waals surface area contributed by atoms with Crippen LogP contribution in [0.3, 0.4) is 0 Å². The molecule has 1 saturated carbocycles.